The summed E-state index contributed by atoms with van der Waals surface area (Å²) in [5.41, 5.74) is 3.71. The number of nitrogens with one attached hydrogen (secondary N) is 1. The van der Waals surface area contributed by atoms with E-state index < -0.39 is 0 Å². The van der Waals surface area contributed by atoms with Crippen molar-refractivity contribution < 1.29 is 14.3 Å². The van der Waals surface area contributed by atoms with Crippen molar-refractivity contribution in [2.75, 3.05) is 33.7 Å². The van der Waals surface area contributed by atoms with Crippen LogP contribution in [0.2, 0.25) is 0 Å². The lowest BCUT2D eigenvalue weighted by atomic mass is 10.1. The zero-order valence-corrected chi connectivity index (χ0v) is 26.3. The molecular weight excluding hydrogens is 534 g/mol. The minimum atomic E-state index is -0.293. The van der Waals surface area contributed by atoms with E-state index in [1.807, 2.05) is 49.3 Å². The maximum Gasteiger partial charge on any atom is 0.308 e. The van der Waals surface area contributed by atoms with Gasteiger partial charge in [0, 0.05) is 26.1 Å². The number of ether oxygens (including phenoxy) is 1. The molecule has 43 heavy (non-hydrogen) atoms. The van der Waals surface area contributed by atoms with E-state index in [4.69, 9.17) is 4.74 Å². The number of carbonyl (C=O) groups is 2. The number of hydrogen-bond acceptors (Lipinski definition) is 5. The van der Waals surface area contributed by atoms with Crippen molar-refractivity contribution in [2.24, 2.45) is 0 Å². The molecule has 6 heteroatoms. The van der Waals surface area contributed by atoms with Crippen molar-refractivity contribution in [1.29, 1.82) is 0 Å². The third-order valence-corrected chi connectivity index (χ3v) is 7.54. The van der Waals surface area contributed by atoms with Gasteiger partial charge in [0.05, 0.1) is 12.5 Å². The monoisotopic (exact) mass is 585 g/mol. The minimum Gasteiger partial charge on any atom is -0.461 e. The lowest BCUT2D eigenvalue weighted by Crippen LogP contribution is -2.43. The Morgan fingerprint density at radius 1 is 0.698 bits per heavy atom. The second-order valence-electron chi connectivity index (χ2n) is 11.7. The number of hydrogen-bond donors (Lipinski definition) is 1. The molecule has 0 aliphatic heterocycles. The van der Waals surface area contributed by atoms with Crippen LogP contribution in [0.15, 0.2) is 91.0 Å². The van der Waals surface area contributed by atoms with Gasteiger partial charge in [0.1, 0.15) is 6.61 Å². The van der Waals surface area contributed by atoms with Crippen molar-refractivity contribution in [2.45, 2.75) is 77.0 Å². The van der Waals surface area contributed by atoms with Gasteiger partial charge in [0.15, 0.2) is 0 Å². The SMILES string of the molecule is CN(C)C[C@@H](CC(=O)OCc1ccccc1)NC(=O)CCCCCCCCN(CCc1ccccc1)Cc1ccccc1. The van der Waals surface area contributed by atoms with E-state index in [0.717, 1.165) is 50.9 Å². The largest absolute Gasteiger partial charge is 0.461 e. The van der Waals surface area contributed by atoms with Gasteiger partial charge in [0.25, 0.3) is 0 Å². The van der Waals surface area contributed by atoms with Crippen LogP contribution in [0.25, 0.3) is 0 Å². The molecule has 232 valence electrons. The number of carbonyl (C=O) groups excluding carboxylic acids is 2. The van der Waals surface area contributed by atoms with Gasteiger partial charge < -0.3 is 15.0 Å². The average Bonchev–Trinajstić information content (AvgIpc) is 3.01. The van der Waals surface area contributed by atoms with Crippen LogP contribution in [0, 0.1) is 0 Å². The van der Waals surface area contributed by atoms with Crippen LogP contribution >= 0.6 is 0 Å². The molecule has 0 aromatic heterocycles. The quantitative estimate of drug-likeness (QED) is 0.112. The van der Waals surface area contributed by atoms with E-state index in [9.17, 15) is 9.59 Å². The van der Waals surface area contributed by atoms with E-state index in [-0.39, 0.29) is 30.9 Å². The van der Waals surface area contributed by atoms with E-state index in [0.29, 0.717) is 13.0 Å². The second-order valence-corrected chi connectivity index (χ2v) is 11.7. The Balaban J connectivity index is 1.29. The predicted octanol–water partition coefficient (Wildman–Crippen LogP) is 6.64. The molecule has 1 N–H and O–H groups in total. The smallest absolute Gasteiger partial charge is 0.308 e. The third kappa shape index (κ3) is 15.5. The van der Waals surface area contributed by atoms with E-state index >= 15 is 0 Å². The Morgan fingerprint density at radius 2 is 1.26 bits per heavy atom. The van der Waals surface area contributed by atoms with Gasteiger partial charge in [-0.15, -0.1) is 0 Å². The number of unbranched alkanes of at least 4 members (excludes halogenated alkanes) is 5. The molecule has 0 spiro atoms. The van der Waals surface area contributed by atoms with Gasteiger partial charge in [-0.05, 0) is 56.6 Å². The van der Waals surface area contributed by atoms with E-state index in [1.165, 1.54) is 30.4 Å². The van der Waals surface area contributed by atoms with Crippen LogP contribution in [-0.4, -0.2) is 61.4 Å². The van der Waals surface area contributed by atoms with Gasteiger partial charge in [0.2, 0.25) is 5.91 Å². The summed E-state index contributed by atoms with van der Waals surface area (Å²) in [6.07, 6.45) is 8.38. The van der Waals surface area contributed by atoms with Crippen molar-refractivity contribution >= 4 is 11.9 Å². The number of rotatable bonds is 21. The number of amides is 1. The van der Waals surface area contributed by atoms with Crippen molar-refractivity contribution in [3.8, 4) is 0 Å². The maximum atomic E-state index is 12.6. The first-order chi connectivity index (χ1) is 21.0. The summed E-state index contributed by atoms with van der Waals surface area (Å²) in [6, 6.07) is 30.9. The molecule has 0 bridgehead atoms. The lowest BCUT2D eigenvalue weighted by molar-refractivity contribution is -0.145. The van der Waals surface area contributed by atoms with Crippen molar-refractivity contribution in [1.82, 2.24) is 15.1 Å². The van der Waals surface area contributed by atoms with Gasteiger partial charge in [-0.2, -0.15) is 0 Å². The zero-order valence-electron chi connectivity index (χ0n) is 26.3. The summed E-state index contributed by atoms with van der Waals surface area (Å²) in [5.74, 6) is -0.281. The maximum absolute atomic E-state index is 12.6. The molecule has 0 aliphatic carbocycles. The number of likely N-dealkylation sites (N-methyl/N-ethyl adjacent to an activating group) is 1. The van der Waals surface area contributed by atoms with Crippen LogP contribution < -0.4 is 5.32 Å². The standard InChI is InChI=1S/C37H51N3O3/c1-39(2)30-35(28-37(42)43-31-34-22-14-9-15-23-34)38-36(41)24-16-5-3-4-6-17-26-40(29-33-20-12-8-13-21-33)27-25-32-18-10-7-11-19-32/h7-15,18-23,35H,3-6,16-17,24-31H2,1-2H3,(H,38,41)/t35-/m1/s1. The first-order valence-electron chi connectivity index (χ1n) is 15.9. The van der Waals surface area contributed by atoms with Crippen molar-refractivity contribution in [3.05, 3.63) is 108 Å². The molecule has 3 rings (SSSR count). The van der Waals surface area contributed by atoms with Gasteiger partial charge in [-0.25, -0.2) is 0 Å². The predicted molar refractivity (Wildman–Crippen MR) is 176 cm³/mol. The van der Waals surface area contributed by atoms with Gasteiger partial charge in [-0.1, -0.05) is 117 Å². The normalized spacial score (nSPS) is 11.9. The summed E-state index contributed by atoms with van der Waals surface area (Å²) in [7, 11) is 3.89. The number of esters is 1. The average molecular weight is 586 g/mol. The molecule has 1 amide bonds. The molecule has 1 atom stereocenters. The van der Waals surface area contributed by atoms with Crippen LogP contribution in [0.4, 0.5) is 0 Å². The Kier molecular flexibility index (Phi) is 16.2. The molecule has 0 heterocycles. The molecule has 0 unspecified atom stereocenters. The fraction of sp³-hybridized carbons (Fsp3) is 0.459. The molecule has 0 radical (unpaired) electrons. The summed E-state index contributed by atoms with van der Waals surface area (Å²) in [6.45, 7) is 4.00. The highest BCUT2D eigenvalue weighted by atomic mass is 16.5. The van der Waals surface area contributed by atoms with Crippen LogP contribution in [-0.2, 0) is 33.9 Å². The molecule has 0 aliphatic rings. The summed E-state index contributed by atoms with van der Waals surface area (Å²) >= 11 is 0. The Labute approximate surface area is 259 Å². The number of nitrogens with zero attached hydrogens (tertiary/aromatic N) is 2. The first-order valence-corrected chi connectivity index (χ1v) is 15.9. The molecule has 3 aromatic carbocycles. The van der Waals surface area contributed by atoms with Gasteiger partial charge in [-0.3, -0.25) is 14.5 Å². The van der Waals surface area contributed by atoms with Crippen LogP contribution in [0.1, 0.15) is 68.1 Å². The molecular formula is C37H51N3O3. The highest BCUT2D eigenvalue weighted by molar-refractivity contribution is 5.77. The van der Waals surface area contributed by atoms with Crippen LogP contribution in [0.5, 0.6) is 0 Å². The third-order valence-electron chi connectivity index (χ3n) is 7.54. The second kappa shape index (κ2) is 20.4. The zero-order chi connectivity index (χ0) is 30.5. The molecule has 6 nitrogen and oxygen atoms in total. The minimum absolute atomic E-state index is 0.0117. The molecule has 3 aromatic rings. The summed E-state index contributed by atoms with van der Waals surface area (Å²) < 4.78 is 5.43. The topological polar surface area (TPSA) is 61.9 Å². The lowest BCUT2D eigenvalue weighted by Gasteiger charge is -2.22. The summed E-state index contributed by atoms with van der Waals surface area (Å²) in [4.78, 5) is 29.6. The first kappa shape index (κ1) is 34.0. The fourth-order valence-electron chi connectivity index (χ4n) is 5.27. The van der Waals surface area contributed by atoms with E-state index in [2.05, 4.69) is 70.9 Å². The Bertz CT molecular complexity index is 1160. The van der Waals surface area contributed by atoms with E-state index in [1.54, 1.807) is 0 Å². The number of benzene rings is 3. The molecule has 0 saturated carbocycles. The van der Waals surface area contributed by atoms with Gasteiger partial charge >= 0.3 is 5.97 Å². The Hall–Kier alpha value is -3.48. The van der Waals surface area contributed by atoms with Crippen LogP contribution in [0.3, 0.4) is 0 Å². The molecule has 0 fully saturated rings. The Morgan fingerprint density at radius 3 is 1.88 bits per heavy atom. The van der Waals surface area contributed by atoms with Crippen molar-refractivity contribution in [3.63, 3.8) is 0 Å². The summed E-state index contributed by atoms with van der Waals surface area (Å²) in [5, 5.41) is 3.06. The highest BCUT2D eigenvalue weighted by Gasteiger charge is 2.18. The molecule has 0 saturated heterocycles. The fourth-order valence-corrected chi connectivity index (χ4v) is 5.27. The highest BCUT2D eigenvalue weighted by Crippen LogP contribution is 2.12.